The van der Waals surface area contributed by atoms with Gasteiger partial charge in [0.25, 0.3) is 0 Å². The van der Waals surface area contributed by atoms with Crippen LogP contribution in [0.25, 0.3) is 0 Å². The van der Waals surface area contributed by atoms with E-state index in [-0.39, 0.29) is 6.04 Å². The van der Waals surface area contributed by atoms with Crippen LogP contribution < -0.4 is 5.73 Å². The quantitative estimate of drug-likeness (QED) is 0.743. The van der Waals surface area contributed by atoms with Gasteiger partial charge in [0.1, 0.15) is 5.82 Å². The smallest absolute Gasteiger partial charge is 0.150 e. The first-order chi connectivity index (χ1) is 6.22. The molecular weight excluding hydrogens is 186 g/mol. The normalized spacial score (nSPS) is 21.6. The molecular formula is C9H14ClN3. The van der Waals surface area contributed by atoms with E-state index in [9.17, 15) is 0 Å². The molecule has 0 aliphatic carbocycles. The lowest BCUT2D eigenvalue weighted by atomic mass is 10.1. The van der Waals surface area contributed by atoms with Crippen molar-refractivity contribution < 1.29 is 0 Å². The molecule has 1 aliphatic rings. The van der Waals surface area contributed by atoms with Crippen molar-refractivity contribution in [2.75, 3.05) is 0 Å². The number of fused-ring (bicyclic) bond motifs is 1. The van der Waals surface area contributed by atoms with Crippen molar-refractivity contribution in [3.63, 3.8) is 0 Å². The molecule has 1 aromatic rings. The molecule has 2 heterocycles. The first-order valence-electron chi connectivity index (χ1n) is 4.71. The summed E-state index contributed by atoms with van der Waals surface area (Å²) < 4.78 is 2.21. The first kappa shape index (κ1) is 9.03. The highest BCUT2D eigenvalue weighted by atomic mass is 35.5. The molecule has 1 aliphatic heterocycles. The van der Waals surface area contributed by atoms with Crippen molar-refractivity contribution in [2.45, 2.75) is 38.8 Å². The SMILES string of the molecule is CCc1nc(Cl)c2n1CCC(N)C2. The number of hydrogen-bond acceptors (Lipinski definition) is 2. The Morgan fingerprint density at radius 3 is 3.15 bits per heavy atom. The highest BCUT2D eigenvalue weighted by Gasteiger charge is 2.21. The van der Waals surface area contributed by atoms with E-state index in [0.29, 0.717) is 5.15 Å². The zero-order valence-corrected chi connectivity index (χ0v) is 8.51. The largest absolute Gasteiger partial charge is 0.330 e. The van der Waals surface area contributed by atoms with E-state index in [1.165, 1.54) is 0 Å². The van der Waals surface area contributed by atoms with E-state index in [1.807, 2.05) is 0 Å². The molecule has 0 amide bonds. The van der Waals surface area contributed by atoms with Gasteiger partial charge in [0.2, 0.25) is 0 Å². The van der Waals surface area contributed by atoms with E-state index in [2.05, 4.69) is 16.5 Å². The van der Waals surface area contributed by atoms with Gasteiger partial charge in [-0.3, -0.25) is 0 Å². The molecule has 1 atom stereocenters. The van der Waals surface area contributed by atoms with Gasteiger partial charge in [-0.25, -0.2) is 4.98 Å². The molecule has 1 aromatic heterocycles. The molecule has 1 unspecified atom stereocenters. The third-order valence-electron chi connectivity index (χ3n) is 2.60. The van der Waals surface area contributed by atoms with Crippen molar-refractivity contribution in [3.8, 4) is 0 Å². The van der Waals surface area contributed by atoms with Gasteiger partial charge in [0.15, 0.2) is 5.15 Å². The second kappa shape index (κ2) is 3.31. The van der Waals surface area contributed by atoms with Crippen molar-refractivity contribution in [1.82, 2.24) is 9.55 Å². The lowest BCUT2D eigenvalue weighted by Crippen LogP contribution is -2.31. The van der Waals surface area contributed by atoms with E-state index < -0.39 is 0 Å². The average Bonchev–Trinajstić information content (AvgIpc) is 2.43. The van der Waals surface area contributed by atoms with Crippen LogP contribution in [0.3, 0.4) is 0 Å². The van der Waals surface area contributed by atoms with E-state index in [1.54, 1.807) is 0 Å². The Labute approximate surface area is 82.9 Å². The minimum absolute atomic E-state index is 0.256. The third-order valence-corrected chi connectivity index (χ3v) is 2.90. The van der Waals surface area contributed by atoms with E-state index in [0.717, 1.165) is 37.3 Å². The van der Waals surface area contributed by atoms with E-state index >= 15 is 0 Å². The summed E-state index contributed by atoms with van der Waals surface area (Å²) in [4.78, 5) is 4.32. The maximum Gasteiger partial charge on any atom is 0.150 e. The third kappa shape index (κ3) is 1.46. The molecule has 0 spiro atoms. The highest BCUT2D eigenvalue weighted by molar-refractivity contribution is 6.30. The minimum atomic E-state index is 0.256. The monoisotopic (exact) mass is 199 g/mol. The summed E-state index contributed by atoms with van der Waals surface area (Å²) in [7, 11) is 0. The van der Waals surface area contributed by atoms with Crippen LogP contribution in [0.1, 0.15) is 24.9 Å². The van der Waals surface area contributed by atoms with Gasteiger partial charge in [-0.1, -0.05) is 18.5 Å². The molecule has 0 saturated heterocycles. The predicted octanol–water partition coefficient (Wildman–Crippen LogP) is 1.37. The molecule has 0 bridgehead atoms. The fraction of sp³-hybridized carbons (Fsp3) is 0.667. The summed E-state index contributed by atoms with van der Waals surface area (Å²) in [6.07, 6.45) is 2.84. The summed E-state index contributed by atoms with van der Waals surface area (Å²) in [6, 6.07) is 0.256. The summed E-state index contributed by atoms with van der Waals surface area (Å²) in [5.41, 5.74) is 6.99. The molecule has 0 aromatic carbocycles. The average molecular weight is 200 g/mol. The van der Waals surface area contributed by atoms with Gasteiger partial charge < -0.3 is 10.3 Å². The summed E-state index contributed by atoms with van der Waals surface area (Å²) in [5, 5.41) is 0.645. The summed E-state index contributed by atoms with van der Waals surface area (Å²) >= 11 is 6.02. The number of aryl methyl sites for hydroxylation is 1. The summed E-state index contributed by atoms with van der Waals surface area (Å²) in [6.45, 7) is 3.07. The van der Waals surface area contributed by atoms with Gasteiger partial charge in [-0.05, 0) is 6.42 Å². The van der Waals surface area contributed by atoms with Gasteiger partial charge >= 0.3 is 0 Å². The van der Waals surface area contributed by atoms with Crippen LogP contribution >= 0.6 is 11.6 Å². The maximum atomic E-state index is 6.02. The van der Waals surface area contributed by atoms with Crippen molar-refractivity contribution in [3.05, 3.63) is 16.7 Å². The fourth-order valence-corrected chi connectivity index (χ4v) is 2.16. The second-order valence-electron chi connectivity index (χ2n) is 3.52. The lowest BCUT2D eigenvalue weighted by molar-refractivity contribution is 0.461. The van der Waals surface area contributed by atoms with Gasteiger partial charge in [0, 0.05) is 25.4 Å². The van der Waals surface area contributed by atoms with Crippen molar-refractivity contribution >= 4 is 11.6 Å². The minimum Gasteiger partial charge on any atom is -0.330 e. The molecule has 4 heteroatoms. The number of nitrogens with zero attached hydrogens (tertiary/aromatic N) is 2. The number of nitrogens with two attached hydrogens (primary N) is 1. The lowest BCUT2D eigenvalue weighted by Gasteiger charge is -2.21. The number of rotatable bonds is 1. The second-order valence-corrected chi connectivity index (χ2v) is 3.88. The van der Waals surface area contributed by atoms with Crippen LogP contribution in [0.4, 0.5) is 0 Å². The number of hydrogen-bond donors (Lipinski definition) is 1. The first-order valence-corrected chi connectivity index (χ1v) is 5.09. The Hall–Kier alpha value is -0.540. The van der Waals surface area contributed by atoms with Crippen molar-refractivity contribution in [2.24, 2.45) is 5.73 Å². The van der Waals surface area contributed by atoms with Crippen LogP contribution in [0.15, 0.2) is 0 Å². The Morgan fingerprint density at radius 1 is 1.69 bits per heavy atom. The van der Waals surface area contributed by atoms with Crippen LogP contribution in [0.2, 0.25) is 5.15 Å². The Kier molecular flexibility index (Phi) is 2.30. The molecule has 0 fully saturated rings. The van der Waals surface area contributed by atoms with Crippen LogP contribution in [0, 0.1) is 0 Å². The zero-order valence-electron chi connectivity index (χ0n) is 7.76. The Balaban J connectivity index is 2.42. The molecule has 0 radical (unpaired) electrons. The van der Waals surface area contributed by atoms with Crippen LogP contribution in [-0.2, 0) is 19.4 Å². The molecule has 2 rings (SSSR count). The number of halogens is 1. The van der Waals surface area contributed by atoms with Crippen LogP contribution in [0.5, 0.6) is 0 Å². The fourth-order valence-electron chi connectivity index (χ4n) is 1.88. The molecule has 0 saturated carbocycles. The molecule has 72 valence electrons. The van der Waals surface area contributed by atoms with Gasteiger partial charge in [0.05, 0.1) is 5.69 Å². The zero-order chi connectivity index (χ0) is 9.42. The number of aromatic nitrogens is 2. The van der Waals surface area contributed by atoms with Crippen LogP contribution in [-0.4, -0.2) is 15.6 Å². The van der Waals surface area contributed by atoms with E-state index in [4.69, 9.17) is 17.3 Å². The summed E-state index contributed by atoms with van der Waals surface area (Å²) in [5.74, 6) is 1.09. The topological polar surface area (TPSA) is 43.8 Å². The van der Waals surface area contributed by atoms with Gasteiger partial charge in [-0.2, -0.15) is 0 Å². The highest BCUT2D eigenvalue weighted by Crippen LogP contribution is 2.23. The molecule has 13 heavy (non-hydrogen) atoms. The van der Waals surface area contributed by atoms with Crippen molar-refractivity contribution in [1.29, 1.82) is 0 Å². The Morgan fingerprint density at radius 2 is 2.46 bits per heavy atom. The predicted molar refractivity (Wildman–Crippen MR) is 52.9 cm³/mol. The Bertz CT molecular complexity index is 319. The molecule has 2 N–H and O–H groups in total. The van der Waals surface area contributed by atoms with Gasteiger partial charge in [-0.15, -0.1) is 0 Å². The molecule has 3 nitrogen and oxygen atoms in total. The maximum absolute atomic E-state index is 6.02. The number of imidazole rings is 1. The standard InChI is InChI=1S/C9H14ClN3/c1-2-8-12-9(10)7-5-6(11)3-4-13(7)8/h6H,2-5,11H2,1H3.